The zero-order chi connectivity index (χ0) is 22.3. The van der Waals surface area contributed by atoms with Crippen LogP contribution in [0.25, 0.3) is 11.4 Å². The Morgan fingerprint density at radius 2 is 2.19 bits per heavy atom. The number of para-hydroxylation sites is 1. The van der Waals surface area contributed by atoms with Crippen molar-refractivity contribution in [2.75, 3.05) is 25.0 Å². The number of aliphatic imine (C=N–C) groups is 1. The van der Waals surface area contributed by atoms with Gasteiger partial charge < -0.3 is 20.1 Å². The van der Waals surface area contributed by atoms with E-state index in [1.807, 2.05) is 36.4 Å². The summed E-state index contributed by atoms with van der Waals surface area (Å²) in [6.07, 6.45) is 2.05. The normalized spacial score (nSPS) is 16.5. The summed E-state index contributed by atoms with van der Waals surface area (Å²) in [7, 11) is 1.73. The lowest BCUT2D eigenvalue weighted by Crippen LogP contribution is -2.51. The summed E-state index contributed by atoms with van der Waals surface area (Å²) in [6.45, 7) is 2.07. The Hall–Kier alpha value is -3.57. The molecule has 1 atom stereocenters. The summed E-state index contributed by atoms with van der Waals surface area (Å²) in [6, 6.07) is 17.5. The van der Waals surface area contributed by atoms with Crippen molar-refractivity contribution < 1.29 is 4.52 Å². The van der Waals surface area contributed by atoms with Gasteiger partial charge in [-0.3, -0.25) is 4.99 Å². The van der Waals surface area contributed by atoms with E-state index < -0.39 is 0 Å². The van der Waals surface area contributed by atoms with Crippen LogP contribution in [0.5, 0.6) is 0 Å². The topological polar surface area (TPSA) is 102 Å². The highest BCUT2D eigenvalue weighted by atomic mass is 35.5. The van der Waals surface area contributed by atoms with Crippen LogP contribution in [0.1, 0.15) is 24.3 Å². The van der Waals surface area contributed by atoms with Gasteiger partial charge >= 0.3 is 0 Å². The monoisotopic (exact) mass is 449 g/mol. The van der Waals surface area contributed by atoms with Gasteiger partial charge in [-0.05, 0) is 37.1 Å². The summed E-state index contributed by atoms with van der Waals surface area (Å²) < 4.78 is 5.36. The molecule has 0 aliphatic carbocycles. The SMILES string of the molecule is CN=C(NCc1nc(-c2cccc(Cl)c2)no1)NC1CCCN(c2ccccc2C#N)C1. The van der Waals surface area contributed by atoms with Crippen LogP contribution >= 0.6 is 11.6 Å². The van der Waals surface area contributed by atoms with Crippen molar-refractivity contribution in [2.45, 2.75) is 25.4 Å². The van der Waals surface area contributed by atoms with E-state index in [0.717, 1.165) is 37.2 Å². The standard InChI is InChI=1S/C23H24ClN7O/c1-26-23(27-14-21-29-22(30-32-21)16-7-4-8-18(24)12-16)28-19-9-5-11-31(15-19)20-10-3-2-6-17(20)13-25/h2-4,6-8,10,12,19H,5,9,11,14-15H2,1H3,(H2,26,27,28). The average Bonchev–Trinajstić information content (AvgIpc) is 3.31. The number of nitriles is 1. The Kier molecular flexibility index (Phi) is 6.87. The maximum atomic E-state index is 9.42. The van der Waals surface area contributed by atoms with Crippen molar-refractivity contribution in [3.63, 3.8) is 0 Å². The zero-order valence-corrected chi connectivity index (χ0v) is 18.5. The Bertz CT molecular complexity index is 1140. The molecule has 1 saturated heterocycles. The molecule has 32 heavy (non-hydrogen) atoms. The van der Waals surface area contributed by atoms with Gasteiger partial charge in [0.1, 0.15) is 6.07 Å². The molecular weight excluding hydrogens is 426 g/mol. The van der Waals surface area contributed by atoms with Crippen molar-refractivity contribution in [2.24, 2.45) is 4.99 Å². The summed E-state index contributed by atoms with van der Waals surface area (Å²) in [4.78, 5) is 11.0. The summed E-state index contributed by atoms with van der Waals surface area (Å²) in [5.41, 5.74) is 2.47. The number of halogens is 1. The van der Waals surface area contributed by atoms with Crippen molar-refractivity contribution in [3.8, 4) is 17.5 Å². The van der Waals surface area contributed by atoms with Gasteiger partial charge in [-0.15, -0.1) is 0 Å². The highest BCUT2D eigenvalue weighted by molar-refractivity contribution is 6.30. The lowest BCUT2D eigenvalue weighted by Gasteiger charge is -2.35. The van der Waals surface area contributed by atoms with E-state index in [0.29, 0.717) is 34.8 Å². The number of guanidine groups is 1. The first-order chi connectivity index (χ1) is 15.7. The third-order valence-corrected chi connectivity index (χ3v) is 5.54. The molecule has 0 amide bonds. The smallest absolute Gasteiger partial charge is 0.246 e. The largest absolute Gasteiger partial charge is 0.368 e. The highest BCUT2D eigenvalue weighted by Gasteiger charge is 2.22. The molecule has 1 aromatic heterocycles. The van der Waals surface area contributed by atoms with E-state index in [-0.39, 0.29) is 6.04 Å². The number of rotatable bonds is 5. The first-order valence-corrected chi connectivity index (χ1v) is 10.8. The quantitative estimate of drug-likeness (QED) is 0.453. The third kappa shape index (κ3) is 5.18. The molecule has 8 nitrogen and oxygen atoms in total. The van der Waals surface area contributed by atoms with E-state index >= 15 is 0 Å². The molecule has 9 heteroatoms. The highest BCUT2D eigenvalue weighted by Crippen LogP contribution is 2.24. The van der Waals surface area contributed by atoms with E-state index in [9.17, 15) is 5.26 Å². The van der Waals surface area contributed by atoms with E-state index in [4.69, 9.17) is 16.1 Å². The Labute approximate surface area is 191 Å². The number of piperidine rings is 1. The van der Waals surface area contributed by atoms with Crippen LogP contribution in [0, 0.1) is 11.3 Å². The number of benzene rings is 2. The van der Waals surface area contributed by atoms with Crippen LogP contribution in [0.4, 0.5) is 5.69 Å². The van der Waals surface area contributed by atoms with E-state index in [1.165, 1.54) is 0 Å². The Balaban J connectivity index is 1.34. The van der Waals surface area contributed by atoms with Gasteiger partial charge in [-0.1, -0.05) is 41.0 Å². The van der Waals surface area contributed by atoms with Crippen LogP contribution in [-0.2, 0) is 6.54 Å². The minimum absolute atomic E-state index is 0.200. The fraction of sp³-hybridized carbons (Fsp3) is 0.304. The molecule has 0 spiro atoms. The van der Waals surface area contributed by atoms with Crippen LogP contribution < -0.4 is 15.5 Å². The molecule has 3 aromatic rings. The van der Waals surface area contributed by atoms with Crippen molar-refractivity contribution >= 4 is 23.2 Å². The molecule has 1 aliphatic heterocycles. The zero-order valence-electron chi connectivity index (χ0n) is 17.8. The molecule has 2 N–H and O–H groups in total. The van der Waals surface area contributed by atoms with Gasteiger partial charge in [0, 0.05) is 36.8 Å². The summed E-state index contributed by atoms with van der Waals surface area (Å²) in [5, 5.41) is 20.8. The number of hydrogen-bond donors (Lipinski definition) is 2. The number of nitrogens with one attached hydrogen (secondary N) is 2. The second kappa shape index (κ2) is 10.2. The molecule has 2 aromatic carbocycles. The van der Waals surface area contributed by atoms with Gasteiger partial charge in [-0.25, -0.2) is 0 Å². The van der Waals surface area contributed by atoms with Gasteiger partial charge in [-0.2, -0.15) is 10.2 Å². The molecule has 164 valence electrons. The second-order valence-electron chi connectivity index (χ2n) is 7.51. The first-order valence-electron chi connectivity index (χ1n) is 10.5. The summed E-state index contributed by atoms with van der Waals surface area (Å²) in [5.74, 6) is 1.61. The fourth-order valence-corrected chi connectivity index (χ4v) is 3.97. The molecule has 1 fully saturated rings. The van der Waals surface area contributed by atoms with Crippen molar-refractivity contribution in [1.82, 2.24) is 20.8 Å². The van der Waals surface area contributed by atoms with E-state index in [1.54, 1.807) is 19.2 Å². The minimum atomic E-state index is 0.200. The van der Waals surface area contributed by atoms with Gasteiger partial charge in [0.15, 0.2) is 5.96 Å². The third-order valence-electron chi connectivity index (χ3n) is 5.31. The van der Waals surface area contributed by atoms with Crippen LogP contribution in [-0.4, -0.2) is 42.3 Å². The van der Waals surface area contributed by atoms with Gasteiger partial charge in [0.05, 0.1) is 17.8 Å². The number of aromatic nitrogens is 2. The van der Waals surface area contributed by atoms with Crippen LogP contribution in [0.15, 0.2) is 58.0 Å². The minimum Gasteiger partial charge on any atom is -0.368 e. The maximum absolute atomic E-state index is 9.42. The molecule has 1 aliphatic rings. The maximum Gasteiger partial charge on any atom is 0.246 e. The predicted molar refractivity (Wildman–Crippen MR) is 124 cm³/mol. The first kappa shape index (κ1) is 21.7. The molecule has 0 saturated carbocycles. The van der Waals surface area contributed by atoms with Crippen molar-refractivity contribution in [1.29, 1.82) is 5.26 Å². The summed E-state index contributed by atoms with van der Waals surface area (Å²) >= 11 is 6.04. The lowest BCUT2D eigenvalue weighted by molar-refractivity contribution is 0.374. The van der Waals surface area contributed by atoms with Gasteiger partial charge in [0.25, 0.3) is 0 Å². The van der Waals surface area contributed by atoms with E-state index in [2.05, 4.69) is 36.7 Å². The molecular formula is C23H24ClN7O. The molecule has 1 unspecified atom stereocenters. The molecule has 0 bridgehead atoms. The molecule has 4 rings (SSSR count). The van der Waals surface area contributed by atoms with Gasteiger partial charge in [0.2, 0.25) is 11.7 Å². The molecule has 0 radical (unpaired) electrons. The number of hydrogen-bond acceptors (Lipinski definition) is 6. The van der Waals surface area contributed by atoms with Crippen molar-refractivity contribution in [3.05, 3.63) is 65.0 Å². The molecule has 2 heterocycles. The number of nitrogens with zero attached hydrogens (tertiary/aromatic N) is 5. The Morgan fingerprint density at radius 3 is 3.00 bits per heavy atom. The number of anilines is 1. The van der Waals surface area contributed by atoms with Crippen LogP contribution in [0.3, 0.4) is 0 Å². The average molecular weight is 450 g/mol. The lowest BCUT2D eigenvalue weighted by atomic mass is 10.0. The fourth-order valence-electron chi connectivity index (χ4n) is 3.78. The predicted octanol–water partition coefficient (Wildman–Crippen LogP) is 3.60. The van der Waals surface area contributed by atoms with Crippen LogP contribution in [0.2, 0.25) is 5.02 Å². The second-order valence-corrected chi connectivity index (χ2v) is 7.94. The Morgan fingerprint density at radius 1 is 1.31 bits per heavy atom.